The van der Waals surface area contributed by atoms with Crippen LogP contribution in [-0.2, 0) is 0 Å². The topological polar surface area (TPSA) is 85.6 Å². The largest absolute Gasteiger partial charge is 0.297 e. The number of hydrogen-bond acceptors (Lipinski definition) is 6. The standard InChI is InChI=1S/C20H18N6OS/c1-12-7-9-15(10-8-12)19(27)22-20-21-18(24-28-20)17-14(3)26(25-23-17)16-6-4-5-13(2)11-16/h4-11H,1-3H3,(H,21,22,24,27). The monoisotopic (exact) mass is 390 g/mol. The predicted octanol–water partition coefficient (Wildman–Crippen LogP) is 3.96. The molecule has 0 atom stereocenters. The molecule has 140 valence electrons. The Labute approximate surface area is 166 Å². The number of nitrogens with one attached hydrogen (secondary N) is 1. The zero-order chi connectivity index (χ0) is 19.7. The van der Waals surface area contributed by atoms with Crippen molar-refractivity contribution < 1.29 is 4.79 Å². The second-order valence-corrected chi connectivity index (χ2v) is 7.27. The molecule has 0 aliphatic heterocycles. The van der Waals surface area contributed by atoms with Gasteiger partial charge in [0, 0.05) is 17.1 Å². The molecule has 2 aromatic carbocycles. The molecule has 8 heteroatoms. The highest BCUT2D eigenvalue weighted by molar-refractivity contribution is 7.10. The van der Waals surface area contributed by atoms with Crippen LogP contribution in [0.5, 0.6) is 0 Å². The average Bonchev–Trinajstić information content (AvgIpc) is 3.28. The van der Waals surface area contributed by atoms with Crippen molar-refractivity contribution in [2.75, 3.05) is 5.32 Å². The molecular weight excluding hydrogens is 372 g/mol. The van der Waals surface area contributed by atoms with Gasteiger partial charge in [-0.1, -0.05) is 35.0 Å². The van der Waals surface area contributed by atoms with E-state index in [0.29, 0.717) is 22.2 Å². The lowest BCUT2D eigenvalue weighted by Gasteiger charge is -2.03. The molecule has 0 fully saturated rings. The molecule has 0 aliphatic rings. The highest BCUT2D eigenvalue weighted by Crippen LogP contribution is 2.24. The Morgan fingerprint density at radius 2 is 1.82 bits per heavy atom. The maximum absolute atomic E-state index is 12.4. The van der Waals surface area contributed by atoms with E-state index in [2.05, 4.69) is 25.0 Å². The summed E-state index contributed by atoms with van der Waals surface area (Å²) in [6.45, 7) is 5.93. The molecule has 0 unspecified atom stereocenters. The molecule has 0 saturated carbocycles. The van der Waals surface area contributed by atoms with E-state index >= 15 is 0 Å². The molecule has 1 N–H and O–H groups in total. The van der Waals surface area contributed by atoms with Crippen LogP contribution < -0.4 is 5.32 Å². The summed E-state index contributed by atoms with van der Waals surface area (Å²) in [5.41, 5.74) is 5.17. The van der Waals surface area contributed by atoms with Gasteiger partial charge in [0.25, 0.3) is 5.91 Å². The fourth-order valence-electron chi connectivity index (χ4n) is 2.79. The highest BCUT2D eigenvalue weighted by Gasteiger charge is 2.18. The first-order chi connectivity index (χ1) is 13.5. The maximum Gasteiger partial charge on any atom is 0.257 e. The van der Waals surface area contributed by atoms with Crippen molar-refractivity contribution in [2.24, 2.45) is 0 Å². The highest BCUT2D eigenvalue weighted by atomic mass is 32.1. The van der Waals surface area contributed by atoms with Gasteiger partial charge < -0.3 is 0 Å². The zero-order valence-corrected chi connectivity index (χ0v) is 16.5. The molecular formula is C20H18N6OS. The van der Waals surface area contributed by atoms with E-state index in [1.807, 2.05) is 57.2 Å². The summed E-state index contributed by atoms with van der Waals surface area (Å²) >= 11 is 1.12. The second-order valence-electron chi connectivity index (χ2n) is 6.52. The van der Waals surface area contributed by atoms with Crippen LogP contribution in [0.4, 0.5) is 5.13 Å². The van der Waals surface area contributed by atoms with Crippen LogP contribution in [-0.4, -0.2) is 30.3 Å². The smallest absolute Gasteiger partial charge is 0.257 e. The normalized spacial score (nSPS) is 10.8. The first-order valence-corrected chi connectivity index (χ1v) is 9.50. The summed E-state index contributed by atoms with van der Waals surface area (Å²) in [5, 5.41) is 11.7. The molecule has 28 heavy (non-hydrogen) atoms. The lowest BCUT2D eigenvalue weighted by molar-refractivity contribution is 0.102. The number of anilines is 1. The lowest BCUT2D eigenvalue weighted by atomic mass is 10.1. The molecule has 2 heterocycles. The molecule has 0 aliphatic carbocycles. The van der Waals surface area contributed by atoms with Gasteiger partial charge >= 0.3 is 0 Å². The third-order valence-corrected chi connectivity index (χ3v) is 4.94. The SMILES string of the molecule is Cc1ccc(C(=O)Nc2nc(-c3nnn(-c4cccc(C)c4)c3C)ns2)cc1. The molecule has 4 aromatic rings. The van der Waals surface area contributed by atoms with Crippen LogP contribution in [0.3, 0.4) is 0 Å². The van der Waals surface area contributed by atoms with Crippen molar-refractivity contribution >= 4 is 22.6 Å². The van der Waals surface area contributed by atoms with Crippen LogP contribution in [0.2, 0.25) is 0 Å². The van der Waals surface area contributed by atoms with Gasteiger partial charge in [-0.2, -0.15) is 9.36 Å². The van der Waals surface area contributed by atoms with Gasteiger partial charge in [0.05, 0.1) is 11.4 Å². The van der Waals surface area contributed by atoms with E-state index in [1.54, 1.807) is 16.8 Å². The van der Waals surface area contributed by atoms with Crippen LogP contribution in [0.15, 0.2) is 48.5 Å². The van der Waals surface area contributed by atoms with E-state index in [4.69, 9.17) is 0 Å². The molecule has 7 nitrogen and oxygen atoms in total. The Kier molecular flexibility index (Phi) is 4.70. The third kappa shape index (κ3) is 3.54. The van der Waals surface area contributed by atoms with E-state index < -0.39 is 0 Å². The van der Waals surface area contributed by atoms with E-state index in [1.165, 1.54) is 0 Å². The lowest BCUT2D eigenvalue weighted by Crippen LogP contribution is -2.11. The van der Waals surface area contributed by atoms with Gasteiger partial charge in [0.1, 0.15) is 0 Å². The third-order valence-electron chi connectivity index (χ3n) is 4.31. The summed E-state index contributed by atoms with van der Waals surface area (Å²) in [5.74, 6) is 0.225. The van der Waals surface area contributed by atoms with Crippen LogP contribution in [0.1, 0.15) is 27.2 Å². The number of nitrogens with zero attached hydrogens (tertiary/aromatic N) is 5. The Hall–Kier alpha value is -3.39. The van der Waals surface area contributed by atoms with Crippen molar-refractivity contribution in [1.29, 1.82) is 0 Å². The van der Waals surface area contributed by atoms with Crippen molar-refractivity contribution in [1.82, 2.24) is 24.4 Å². The van der Waals surface area contributed by atoms with Gasteiger partial charge in [0.15, 0.2) is 11.5 Å². The zero-order valence-electron chi connectivity index (χ0n) is 15.7. The summed E-state index contributed by atoms with van der Waals surface area (Å²) in [4.78, 5) is 16.8. The van der Waals surface area contributed by atoms with Gasteiger partial charge in [-0.3, -0.25) is 10.1 Å². The van der Waals surface area contributed by atoms with Crippen LogP contribution in [0, 0.1) is 20.8 Å². The Balaban J connectivity index is 1.56. The van der Waals surface area contributed by atoms with E-state index in [0.717, 1.165) is 34.0 Å². The quantitative estimate of drug-likeness (QED) is 0.570. The first kappa shape index (κ1) is 18.0. The molecule has 1 amide bonds. The molecule has 0 saturated heterocycles. The van der Waals surface area contributed by atoms with E-state index in [-0.39, 0.29) is 5.91 Å². The van der Waals surface area contributed by atoms with Crippen LogP contribution >= 0.6 is 11.5 Å². The van der Waals surface area contributed by atoms with Gasteiger partial charge in [0.2, 0.25) is 5.13 Å². The predicted molar refractivity (Wildman–Crippen MR) is 109 cm³/mol. The minimum atomic E-state index is -0.220. The number of hydrogen-bond donors (Lipinski definition) is 1. The van der Waals surface area contributed by atoms with Crippen molar-refractivity contribution in [3.8, 4) is 17.2 Å². The Bertz CT molecular complexity index is 1150. The second kappa shape index (κ2) is 7.32. The number of amides is 1. The molecule has 0 bridgehead atoms. The molecule has 4 rings (SSSR count). The van der Waals surface area contributed by atoms with Crippen molar-refractivity contribution in [2.45, 2.75) is 20.8 Å². The minimum absolute atomic E-state index is 0.220. The van der Waals surface area contributed by atoms with Gasteiger partial charge in [-0.15, -0.1) is 5.10 Å². The minimum Gasteiger partial charge on any atom is -0.297 e. The number of carbonyl (C=O) groups excluding carboxylic acids is 1. The Morgan fingerprint density at radius 1 is 1.04 bits per heavy atom. The Morgan fingerprint density at radius 3 is 2.57 bits per heavy atom. The number of benzene rings is 2. The number of carbonyl (C=O) groups is 1. The average molecular weight is 390 g/mol. The van der Waals surface area contributed by atoms with Gasteiger partial charge in [-0.25, -0.2) is 4.68 Å². The molecule has 0 spiro atoms. The van der Waals surface area contributed by atoms with Crippen molar-refractivity contribution in [3.05, 3.63) is 70.9 Å². The molecule has 0 radical (unpaired) electrons. The summed E-state index contributed by atoms with van der Waals surface area (Å²) in [7, 11) is 0. The summed E-state index contributed by atoms with van der Waals surface area (Å²) in [6, 6.07) is 15.4. The number of aromatic nitrogens is 5. The fraction of sp³-hybridized carbons (Fsp3) is 0.150. The number of aryl methyl sites for hydroxylation is 2. The van der Waals surface area contributed by atoms with Crippen molar-refractivity contribution in [3.63, 3.8) is 0 Å². The summed E-state index contributed by atoms with van der Waals surface area (Å²) in [6.07, 6.45) is 0. The maximum atomic E-state index is 12.4. The number of rotatable bonds is 4. The fourth-order valence-corrected chi connectivity index (χ4v) is 3.35. The first-order valence-electron chi connectivity index (χ1n) is 8.73. The van der Waals surface area contributed by atoms with E-state index in [9.17, 15) is 4.79 Å². The van der Waals surface area contributed by atoms with Gasteiger partial charge in [-0.05, 0) is 50.6 Å². The van der Waals surface area contributed by atoms with Crippen LogP contribution in [0.25, 0.3) is 17.2 Å². The molecule has 2 aromatic heterocycles. The summed E-state index contributed by atoms with van der Waals surface area (Å²) < 4.78 is 6.09.